The zero-order valence-electron chi connectivity index (χ0n) is 7.40. The quantitative estimate of drug-likeness (QED) is 0.840. The van der Waals surface area contributed by atoms with Crippen LogP contribution in [-0.2, 0) is 4.79 Å². The second kappa shape index (κ2) is 4.24. The maximum absolute atomic E-state index is 12.4. The molecular weight excluding hydrogens is 213 g/mol. The average molecular weight is 220 g/mol. The van der Waals surface area contributed by atoms with Gasteiger partial charge in [0.25, 0.3) is 0 Å². The highest BCUT2D eigenvalue weighted by atomic mass is 19.4. The van der Waals surface area contributed by atoms with Crippen LogP contribution in [-0.4, -0.2) is 27.2 Å². The number of carboxylic acids is 1. The number of nitrogens with zero attached hydrogens (tertiary/aromatic N) is 2. The van der Waals surface area contributed by atoms with Crippen LogP contribution in [0.4, 0.5) is 13.2 Å². The summed E-state index contributed by atoms with van der Waals surface area (Å²) in [5, 5.41) is 8.37. The number of aromatic nitrogens is 2. The van der Waals surface area contributed by atoms with Crippen LogP contribution in [0, 0.1) is 0 Å². The van der Waals surface area contributed by atoms with Crippen LogP contribution in [0.25, 0.3) is 0 Å². The van der Waals surface area contributed by atoms with E-state index in [-0.39, 0.29) is 5.56 Å². The van der Waals surface area contributed by atoms with E-state index < -0.39 is 24.5 Å². The van der Waals surface area contributed by atoms with Crippen molar-refractivity contribution in [1.82, 2.24) is 9.97 Å². The highest BCUT2D eigenvalue weighted by Crippen LogP contribution is 2.36. The van der Waals surface area contributed by atoms with Gasteiger partial charge in [0, 0.05) is 18.0 Å². The molecule has 0 aliphatic carbocycles. The van der Waals surface area contributed by atoms with Gasteiger partial charge < -0.3 is 5.11 Å². The number of hydrogen-bond acceptors (Lipinski definition) is 3. The van der Waals surface area contributed by atoms with Crippen LogP contribution in [0.5, 0.6) is 0 Å². The summed E-state index contributed by atoms with van der Waals surface area (Å²) in [5.74, 6) is -3.57. The zero-order chi connectivity index (χ0) is 11.5. The smallest absolute Gasteiger partial charge is 0.396 e. The van der Waals surface area contributed by atoms with Crippen LogP contribution in [0.2, 0.25) is 0 Å². The van der Waals surface area contributed by atoms with Gasteiger partial charge in [0.1, 0.15) is 6.33 Å². The number of alkyl halides is 3. The number of hydrogen-bond donors (Lipinski definition) is 1. The van der Waals surface area contributed by atoms with E-state index in [1.165, 1.54) is 0 Å². The van der Waals surface area contributed by atoms with Crippen LogP contribution in [0.3, 0.4) is 0 Å². The lowest BCUT2D eigenvalue weighted by atomic mass is 9.98. The van der Waals surface area contributed by atoms with E-state index in [4.69, 9.17) is 5.11 Å². The molecule has 0 spiro atoms. The van der Waals surface area contributed by atoms with Crippen LogP contribution >= 0.6 is 0 Å². The fraction of sp³-hybridized carbons (Fsp3) is 0.375. The predicted molar refractivity (Wildman–Crippen MR) is 43.1 cm³/mol. The molecule has 1 aromatic heterocycles. The molecule has 0 aromatic carbocycles. The summed E-state index contributed by atoms with van der Waals surface area (Å²) < 4.78 is 37.3. The van der Waals surface area contributed by atoms with Gasteiger partial charge in [-0.1, -0.05) is 0 Å². The summed E-state index contributed by atoms with van der Waals surface area (Å²) in [6, 6.07) is 0. The van der Waals surface area contributed by atoms with E-state index in [0.29, 0.717) is 0 Å². The zero-order valence-corrected chi connectivity index (χ0v) is 7.40. The van der Waals surface area contributed by atoms with E-state index in [1.54, 1.807) is 0 Å². The molecule has 7 heteroatoms. The monoisotopic (exact) mass is 220 g/mol. The molecule has 82 valence electrons. The Morgan fingerprint density at radius 1 is 1.40 bits per heavy atom. The number of halogens is 3. The van der Waals surface area contributed by atoms with Crippen molar-refractivity contribution in [2.75, 3.05) is 0 Å². The van der Waals surface area contributed by atoms with Crippen molar-refractivity contribution in [3.63, 3.8) is 0 Å². The molecule has 0 saturated heterocycles. The van der Waals surface area contributed by atoms with Gasteiger partial charge in [-0.05, 0) is 0 Å². The van der Waals surface area contributed by atoms with Crippen molar-refractivity contribution in [2.45, 2.75) is 18.5 Å². The van der Waals surface area contributed by atoms with Crippen LogP contribution in [0.1, 0.15) is 17.9 Å². The minimum atomic E-state index is -4.61. The molecule has 1 unspecified atom stereocenters. The molecule has 4 nitrogen and oxygen atoms in total. The number of carbonyl (C=O) groups is 1. The molecule has 1 N–H and O–H groups in total. The second-order valence-corrected chi connectivity index (χ2v) is 2.86. The molecule has 0 aliphatic heterocycles. The van der Waals surface area contributed by atoms with E-state index in [2.05, 4.69) is 9.97 Å². The maximum Gasteiger partial charge on any atom is 0.396 e. The van der Waals surface area contributed by atoms with E-state index >= 15 is 0 Å². The Hall–Kier alpha value is -1.66. The lowest BCUT2D eigenvalue weighted by Gasteiger charge is -2.17. The third-order valence-corrected chi connectivity index (χ3v) is 1.76. The number of aliphatic carboxylic acids is 1. The Balaban J connectivity index is 2.97. The molecule has 0 fully saturated rings. The molecule has 1 aromatic rings. The summed E-state index contributed by atoms with van der Waals surface area (Å²) in [4.78, 5) is 17.1. The topological polar surface area (TPSA) is 63.1 Å². The van der Waals surface area contributed by atoms with Crippen molar-refractivity contribution < 1.29 is 23.1 Å². The maximum atomic E-state index is 12.4. The normalized spacial score (nSPS) is 13.5. The highest BCUT2D eigenvalue weighted by Gasteiger charge is 2.42. The van der Waals surface area contributed by atoms with Crippen LogP contribution < -0.4 is 0 Å². The van der Waals surface area contributed by atoms with Gasteiger partial charge in [-0.25, -0.2) is 9.97 Å². The standard InChI is InChI=1S/C8H7F3N2O2/c9-8(10,11)6(1-7(14)15)5-2-12-4-13-3-5/h2-4,6H,1H2,(H,14,15). The summed E-state index contributed by atoms with van der Waals surface area (Å²) in [5.41, 5.74) is -0.243. The molecule has 0 radical (unpaired) electrons. The molecule has 0 aliphatic rings. The second-order valence-electron chi connectivity index (χ2n) is 2.86. The third-order valence-electron chi connectivity index (χ3n) is 1.76. The third kappa shape index (κ3) is 3.19. The lowest BCUT2D eigenvalue weighted by Crippen LogP contribution is -2.23. The molecule has 0 amide bonds. The summed E-state index contributed by atoms with van der Waals surface area (Å²) in [6.07, 6.45) is -2.61. The minimum absolute atomic E-state index is 0.243. The molecule has 1 atom stereocenters. The van der Waals surface area contributed by atoms with Gasteiger partial charge in [-0.2, -0.15) is 13.2 Å². The molecular formula is C8H7F3N2O2. The van der Waals surface area contributed by atoms with Crippen LogP contribution in [0.15, 0.2) is 18.7 Å². The Bertz CT molecular complexity index is 339. The first-order valence-corrected chi connectivity index (χ1v) is 3.94. The average Bonchev–Trinajstić information content (AvgIpc) is 2.14. The van der Waals surface area contributed by atoms with Crippen molar-refractivity contribution >= 4 is 5.97 Å². The predicted octanol–water partition coefficient (Wildman–Crippen LogP) is 1.60. The van der Waals surface area contributed by atoms with Gasteiger partial charge in [0.15, 0.2) is 0 Å². The van der Waals surface area contributed by atoms with Gasteiger partial charge >= 0.3 is 12.1 Å². The Labute approximate surface area is 82.8 Å². The highest BCUT2D eigenvalue weighted by molar-refractivity contribution is 5.68. The SMILES string of the molecule is O=C(O)CC(c1cncnc1)C(F)(F)F. The van der Waals surface area contributed by atoms with Crippen molar-refractivity contribution in [3.8, 4) is 0 Å². The van der Waals surface area contributed by atoms with Gasteiger partial charge in [-0.3, -0.25) is 4.79 Å². The summed E-state index contributed by atoms with van der Waals surface area (Å²) in [7, 11) is 0. The molecule has 1 rings (SSSR count). The molecule has 1 heterocycles. The van der Waals surface area contributed by atoms with Crippen molar-refractivity contribution in [3.05, 3.63) is 24.3 Å². The van der Waals surface area contributed by atoms with E-state index in [1.807, 2.05) is 0 Å². The van der Waals surface area contributed by atoms with Gasteiger partial charge in [0.05, 0.1) is 12.3 Å². The van der Waals surface area contributed by atoms with Crippen molar-refractivity contribution in [1.29, 1.82) is 0 Å². The van der Waals surface area contributed by atoms with Gasteiger partial charge in [-0.15, -0.1) is 0 Å². The fourth-order valence-corrected chi connectivity index (χ4v) is 1.09. The number of rotatable bonds is 3. The number of carboxylic acid groups (broad SMARTS) is 1. The molecule has 15 heavy (non-hydrogen) atoms. The van der Waals surface area contributed by atoms with Gasteiger partial charge in [0.2, 0.25) is 0 Å². The van der Waals surface area contributed by atoms with E-state index in [0.717, 1.165) is 18.7 Å². The Kier molecular flexibility index (Phi) is 3.23. The minimum Gasteiger partial charge on any atom is -0.481 e. The first-order chi connectivity index (χ1) is 6.91. The summed E-state index contributed by atoms with van der Waals surface area (Å²) >= 11 is 0. The summed E-state index contributed by atoms with van der Waals surface area (Å²) in [6.45, 7) is 0. The first kappa shape index (κ1) is 11.4. The molecule has 0 saturated carbocycles. The molecule has 0 bridgehead atoms. The first-order valence-electron chi connectivity index (χ1n) is 3.94. The van der Waals surface area contributed by atoms with Crippen molar-refractivity contribution in [2.24, 2.45) is 0 Å². The Morgan fingerprint density at radius 3 is 2.33 bits per heavy atom. The van der Waals surface area contributed by atoms with E-state index in [9.17, 15) is 18.0 Å². The fourth-order valence-electron chi connectivity index (χ4n) is 1.09. The Morgan fingerprint density at radius 2 is 1.93 bits per heavy atom. The lowest BCUT2D eigenvalue weighted by molar-refractivity contribution is -0.163. The largest absolute Gasteiger partial charge is 0.481 e.